The molecule has 11 heteroatoms. The number of alkyl halides is 3. The zero-order valence-corrected chi connectivity index (χ0v) is 18.1. The highest BCUT2D eigenvalue weighted by Crippen LogP contribution is 2.31. The highest BCUT2D eigenvalue weighted by molar-refractivity contribution is 5.99. The number of halogens is 3. The molecular weight excluding hydrogens is 437 g/mol. The first-order valence-electron chi connectivity index (χ1n) is 10.6. The molecule has 1 amide bonds. The summed E-state index contributed by atoms with van der Waals surface area (Å²) >= 11 is 0. The summed E-state index contributed by atoms with van der Waals surface area (Å²) in [5.41, 5.74) is 4.99. The van der Waals surface area contributed by atoms with E-state index < -0.39 is 11.9 Å². The van der Waals surface area contributed by atoms with Crippen molar-refractivity contribution in [3.8, 4) is 11.4 Å². The first-order valence-corrected chi connectivity index (χ1v) is 10.6. The summed E-state index contributed by atoms with van der Waals surface area (Å²) in [7, 11) is 0. The van der Waals surface area contributed by atoms with Gasteiger partial charge in [0.05, 0.1) is 35.0 Å². The van der Waals surface area contributed by atoms with E-state index in [4.69, 9.17) is 0 Å². The van der Waals surface area contributed by atoms with E-state index in [-0.39, 0.29) is 5.91 Å². The van der Waals surface area contributed by atoms with E-state index in [1.807, 2.05) is 23.6 Å². The zero-order valence-electron chi connectivity index (χ0n) is 18.1. The topological polar surface area (TPSA) is 84.3 Å². The molecule has 0 spiro atoms. The molecule has 0 atom stereocenters. The fourth-order valence-corrected chi connectivity index (χ4v) is 3.53. The molecule has 174 valence electrons. The second kappa shape index (κ2) is 9.10. The molecule has 33 heavy (non-hydrogen) atoms. The Morgan fingerprint density at radius 1 is 1.18 bits per heavy atom. The Morgan fingerprint density at radius 3 is 2.67 bits per heavy atom. The smallest absolute Gasteiger partial charge is 0.382 e. The lowest BCUT2D eigenvalue weighted by Crippen LogP contribution is -2.27. The van der Waals surface area contributed by atoms with Crippen LogP contribution in [0.25, 0.3) is 22.3 Å². The van der Waals surface area contributed by atoms with Gasteiger partial charge in [0, 0.05) is 24.7 Å². The number of nitrogens with one attached hydrogen (secondary N) is 2. The third-order valence-corrected chi connectivity index (χ3v) is 5.16. The number of carbonyl (C=O) groups excluding carboxylic acids is 1. The molecule has 0 unspecified atom stereocenters. The predicted molar refractivity (Wildman–Crippen MR) is 117 cm³/mol. The number of unbranched alkanes of at least 4 members (excludes halogenated alkanes) is 1. The lowest BCUT2D eigenvalue weighted by atomic mass is 10.2. The van der Waals surface area contributed by atoms with Crippen molar-refractivity contribution in [1.29, 1.82) is 0 Å². The minimum Gasteiger partial charge on any atom is -0.382 e. The van der Waals surface area contributed by atoms with Crippen molar-refractivity contribution in [3.63, 3.8) is 0 Å². The van der Waals surface area contributed by atoms with Crippen molar-refractivity contribution in [2.24, 2.45) is 0 Å². The van der Waals surface area contributed by atoms with Gasteiger partial charge in [-0.3, -0.25) is 14.8 Å². The maximum atomic E-state index is 12.8. The molecule has 4 rings (SSSR count). The summed E-state index contributed by atoms with van der Waals surface area (Å²) in [5.74, 6) is -1.30. The van der Waals surface area contributed by atoms with E-state index in [0.29, 0.717) is 35.9 Å². The number of hydrazine groups is 1. The second-order valence-corrected chi connectivity index (χ2v) is 7.48. The lowest BCUT2D eigenvalue weighted by Gasteiger charge is -2.14. The Bertz CT molecular complexity index is 1200. The first kappa shape index (κ1) is 22.6. The molecule has 0 radical (unpaired) electrons. The Morgan fingerprint density at radius 2 is 1.97 bits per heavy atom. The minimum atomic E-state index is -4.60. The van der Waals surface area contributed by atoms with Crippen LogP contribution in [0.2, 0.25) is 0 Å². The van der Waals surface area contributed by atoms with Gasteiger partial charge in [0.2, 0.25) is 5.76 Å². The molecule has 0 fully saturated rings. The van der Waals surface area contributed by atoms with E-state index in [9.17, 15) is 18.0 Å². The number of allylic oxidation sites excluding steroid dienone is 1. The Balaban J connectivity index is 1.69. The molecular formula is C22H23F3N6O2. The Hall–Kier alpha value is -3.60. The van der Waals surface area contributed by atoms with Gasteiger partial charge in [-0.05, 0) is 37.6 Å². The number of aryl methyl sites for hydroxylation is 1. The number of rotatable bonds is 7. The fraction of sp³-hybridized carbons (Fsp3) is 0.318. The van der Waals surface area contributed by atoms with Crippen molar-refractivity contribution in [1.82, 2.24) is 25.4 Å². The third-order valence-electron chi connectivity index (χ3n) is 5.16. The standard InChI is InChI=1S/C22H23F3N6O2/c1-3-5-8-30-18(21(32)26-4-2)10-14-9-16(28-12-19(14)30)17-11-15(6-7-27-17)31-13-20(33-29-31)22(23,24)25/h6-7,9-13,29H,3-5,8H2,1-2H3,(H,26,32). The zero-order chi connectivity index (χ0) is 23.6. The number of hydrogen-bond acceptors (Lipinski definition) is 6. The van der Waals surface area contributed by atoms with Crippen molar-refractivity contribution >= 4 is 22.5 Å². The summed E-state index contributed by atoms with van der Waals surface area (Å²) in [5, 5.41) is 4.77. The fourth-order valence-electron chi connectivity index (χ4n) is 3.53. The predicted octanol–water partition coefficient (Wildman–Crippen LogP) is 4.31. The van der Waals surface area contributed by atoms with Crippen LogP contribution in [0.1, 0.15) is 37.2 Å². The summed E-state index contributed by atoms with van der Waals surface area (Å²) in [4.78, 5) is 25.9. The molecule has 2 N–H and O–H groups in total. The molecule has 1 aliphatic heterocycles. The average Bonchev–Trinajstić information content (AvgIpc) is 3.43. The number of anilines is 1. The SMILES string of the molecule is CCCCn1c(C(=O)NCC)cc2cc(-c3cc(N4C=C(C(F)(F)F)ON4)ccn3)ncc21. The Kier molecular flexibility index (Phi) is 6.23. The van der Waals surface area contributed by atoms with Crippen LogP contribution in [-0.2, 0) is 11.4 Å². The molecule has 0 aliphatic carbocycles. The summed E-state index contributed by atoms with van der Waals surface area (Å²) in [6.07, 6.45) is 1.29. The van der Waals surface area contributed by atoms with E-state index >= 15 is 0 Å². The van der Waals surface area contributed by atoms with Gasteiger partial charge in [-0.2, -0.15) is 13.2 Å². The van der Waals surface area contributed by atoms with Crippen molar-refractivity contribution in [3.05, 3.63) is 54.3 Å². The van der Waals surface area contributed by atoms with Crippen LogP contribution < -0.4 is 15.9 Å². The number of hydrogen-bond donors (Lipinski definition) is 2. The molecule has 0 saturated heterocycles. The number of amides is 1. The number of fused-ring (bicyclic) bond motifs is 1. The molecule has 1 aliphatic rings. The molecule has 0 bridgehead atoms. The van der Waals surface area contributed by atoms with Crippen LogP contribution in [0.3, 0.4) is 0 Å². The van der Waals surface area contributed by atoms with Crippen LogP contribution in [0, 0.1) is 0 Å². The van der Waals surface area contributed by atoms with Crippen molar-refractivity contribution in [2.45, 2.75) is 39.4 Å². The van der Waals surface area contributed by atoms with Crippen LogP contribution in [-0.4, -0.2) is 33.2 Å². The van der Waals surface area contributed by atoms with E-state index in [1.165, 1.54) is 6.20 Å². The van der Waals surface area contributed by atoms with Gasteiger partial charge < -0.3 is 14.7 Å². The van der Waals surface area contributed by atoms with Crippen LogP contribution >= 0.6 is 0 Å². The van der Waals surface area contributed by atoms with Crippen LogP contribution in [0.4, 0.5) is 18.9 Å². The maximum Gasteiger partial charge on any atom is 0.453 e. The van der Waals surface area contributed by atoms with E-state index in [1.54, 1.807) is 18.3 Å². The van der Waals surface area contributed by atoms with Gasteiger partial charge in [-0.15, -0.1) is 0 Å². The van der Waals surface area contributed by atoms with Gasteiger partial charge in [-0.1, -0.05) is 18.9 Å². The molecule has 8 nitrogen and oxygen atoms in total. The number of pyridine rings is 2. The van der Waals surface area contributed by atoms with E-state index in [2.05, 4.69) is 32.6 Å². The van der Waals surface area contributed by atoms with Gasteiger partial charge in [0.15, 0.2) is 0 Å². The molecule has 4 heterocycles. The number of carbonyl (C=O) groups is 1. The first-order chi connectivity index (χ1) is 15.8. The normalized spacial score (nSPS) is 13.8. The summed E-state index contributed by atoms with van der Waals surface area (Å²) in [6.45, 7) is 5.16. The number of nitrogens with zero attached hydrogens (tertiary/aromatic N) is 4. The van der Waals surface area contributed by atoms with Crippen molar-refractivity contribution < 1.29 is 22.8 Å². The minimum absolute atomic E-state index is 0.154. The third kappa shape index (κ3) is 4.63. The molecule has 0 saturated carbocycles. The van der Waals surface area contributed by atoms with E-state index in [0.717, 1.165) is 35.0 Å². The highest BCUT2D eigenvalue weighted by atomic mass is 19.4. The average molecular weight is 460 g/mol. The summed E-state index contributed by atoms with van der Waals surface area (Å²) < 4.78 is 40.5. The van der Waals surface area contributed by atoms with Gasteiger partial charge in [-0.25, -0.2) is 5.01 Å². The largest absolute Gasteiger partial charge is 0.453 e. The second-order valence-electron chi connectivity index (χ2n) is 7.48. The number of aromatic nitrogens is 3. The molecule has 3 aromatic rings. The lowest BCUT2D eigenvalue weighted by molar-refractivity contribution is -0.136. The quantitative estimate of drug-likeness (QED) is 0.547. The molecule has 3 aromatic heterocycles. The van der Waals surface area contributed by atoms with Crippen LogP contribution in [0.5, 0.6) is 0 Å². The van der Waals surface area contributed by atoms with Crippen LogP contribution in [0.15, 0.2) is 48.6 Å². The summed E-state index contributed by atoms with van der Waals surface area (Å²) in [6, 6.07) is 6.78. The van der Waals surface area contributed by atoms with Crippen molar-refractivity contribution in [2.75, 3.05) is 11.6 Å². The maximum absolute atomic E-state index is 12.8. The monoisotopic (exact) mass is 460 g/mol. The van der Waals surface area contributed by atoms with Gasteiger partial charge in [0.1, 0.15) is 5.69 Å². The highest BCUT2D eigenvalue weighted by Gasteiger charge is 2.40. The Labute approximate surface area is 188 Å². The molecule has 0 aromatic carbocycles. The van der Waals surface area contributed by atoms with Gasteiger partial charge in [0.25, 0.3) is 5.91 Å². The van der Waals surface area contributed by atoms with Gasteiger partial charge >= 0.3 is 6.18 Å².